The van der Waals surface area contributed by atoms with Gasteiger partial charge in [-0.1, -0.05) is 0 Å². The molecule has 0 N–H and O–H groups in total. The lowest BCUT2D eigenvalue weighted by molar-refractivity contribution is -0.126. The van der Waals surface area contributed by atoms with Crippen molar-refractivity contribution in [2.75, 3.05) is 28.6 Å². The van der Waals surface area contributed by atoms with Crippen molar-refractivity contribution in [1.82, 2.24) is 4.90 Å². The van der Waals surface area contributed by atoms with E-state index >= 15 is 0 Å². The van der Waals surface area contributed by atoms with Gasteiger partial charge in [0.15, 0.2) is 5.78 Å². The maximum Gasteiger partial charge on any atom is 0.332 e. The smallest absolute Gasteiger partial charge is 0.292 e. The number of sulfonamides is 1. The number of fused-ring (bicyclic) bond motifs is 1. The number of rotatable bonds is 5. The number of urea groups is 1. The Bertz CT molecular complexity index is 1210. The van der Waals surface area contributed by atoms with Crippen molar-refractivity contribution in [3.05, 3.63) is 59.4 Å². The Kier molecular flexibility index (Phi) is 5.49. The number of halogens is 1. The molecule has 2 aliphatic heterocycles. The summed E-state index contributed by atoms with van der Waals surface area (Å²) in [6.45, 7) is 1.49. The number of nitrogens with zero attached hydrogens (tertiary/aromatic N) is 3. The lowest BCUT2D eigenvalue weighted by Crippen LogP contribution is -2.37. The van der Waals surface area contributed by atoms with Crippen molar-refractivity contribution < 1.29 is 27.2 Å². The predicted octanol–water partition coefficient (Wildman–Crippen LogP) is 2.58. The highest BCUT2D eigenvalue weighted by Gasteiger charge is 2.44. The fraction of sp³-hybridized carbons (Fsp3) is 0.318. The monoisotopic (exact) mass is 459 g/mol. The highest BCUT2D eigenvalue weighted by atomic mass is 32.2. The van der Waals surface area contributed by atoms with Crippen LogP contribution >= 0.6 is 0 Å². The molecule has 2 aliphatic rings. The van der Waals surface area contributed by atoms with Crippen LogP contribution in [0.5, 0.6) is 0 Å². The standard InChI is InChI=1S/C22H22FN3O5S/c1-14-21(28)24(22(29)26(14)18-8-6-17(23)7-9-18)13-20(27)16-5-10-19-15(12-16)4-3-11-25(19)32(2,30)31/h5-10,12,14H,3-4,11,13H2,1-2H3. The van der Waals surface area contributed by atoms with Gasteiger partial charge in [-0.3, -0.25) is 23.7 Å². The zero-order valence-corrected chi connectivity index (χ0v) is 18.4. The number of carbonyl (C=O) groups excluding carboxylic acids is 3. The van der Waals surface area contributed by atoms with Crippen LogP contribution in [0.3, 0.4) is 0 Å². The molecule has 2 aromatic rings. The number of Topliss-reactive ketones (excluding diaryl/α,β-unsaturated/α-hetero) is 1. The summed E-state index contributed by atoms with van der Waals surface area (Å²) in [7, 11) is -3.43. The largest absolute Gasteiger partial charge is 0.332 e. The van der Waals surface area contributed by atoms with Crippen LogP contribution in [0.15, 0.2) is 42.5 Å². The number of ketones is 1. The third-order valence-corrected chi connectivity index (χ3v) is 6.91. The molecule has 8 nitrogen and oxygen atoms in total. The van der Waals surface area contributed by atoms with Crippen LogP contribution in [0.4, 0.5) is 20.6 Å². The lowest BCUT2D eigenvalue weighted by atomic mass is 9.99. The minimum Gasteiger partial charge on any atom is -0.292 e. The quantitative estimate of drug-likeness (QED) is 0.506. The number of hydrogen-bond acceptors (Lipinski definition) is 5. The SMILES string of the molecule is CC1C(=O)N(CC(=O)c2ccc3c(c2)CCCN3S(C)(=O)=O)C(=O)N1c1ccc(F)cc1. The molecule has 1 saturated heterocycles. The van der Waals surface area contributed by atoms with E-state index in [4.69, 9.17) is 0 Å². The van der Waals surface area contributed by atoms with Gasteiger partial charge in [-0.2, -0.15) is 0 Å². The average Bonchev–Trinajstić information content (AvgIpc) is 2.96. The average molecular weight is 459 g/mol. The van der Waals surface area contributed by atoms with Crippen LogP contribution in [0.2, 0.25) is 0 Å². The van der Waals surface area contributed by atoms with Gasteiger partial charge in [-0.15, -0.1) is 0 Å². The summed E-state index contributed by atoms with van der Waals surface area (Å²) < 4.78 is 38.6. The molecule has 4 rings (SSSR count). The molecule has 0 spiro atoms. The minimum atomic E-state index is -3.43. The number of aryl methyl sites for hydroxylation is 1. The molecule has 2 heterocycles. The Morgan fingerprint density at radius 1 is 1.12 bits per heavy atom. The molecular weight excluding hydrogens is 437 g/mol. The van der Waals surface area contributed by atoms with Crippen LogP contribution in [0.1, 0.15) is 29.3 Å². The second kappa shape index (κ2) is 8.01. The van der Waals surface area contributed by atoms with E-state index in [9.17, 15) is 27.2 Å². The summed E-state index contributed by atoms with van der Waals surface area (Å²) in [4.78, 5) is 40.6. The van der Waals surface area contributed by atoms with Gasteiger partial charge >= 0.3 is 6.03 Å². The minimum absolute atomic E-state index is 0.299. The van der Waals surface area contributed by atoms with Crippen LogP contribution in [-0.2, 0) is 21.2 Å². The number of amides is 3. The van der Waals surface area contributed by atoms with Gasteiger partial charge in [0.25, 0.3) is 5.91 Å². The number of carbonyl (C=O) groups is 3. The van der Waals surface area contributed by atoms with E-state index in [0.717, 1.165) is 16.7 Å². The molecule has 2 aromatic carbocycles. The Morgan fingerprint density at radius 3 is 2.47 bits per heavy atom. The molecule has 168 valence electrons. The fourth-order valence-corrected chi connectivity index (χ4v) is 5.12. The van der Waals surface area contributed by atoms with Crippen LogP contribution < -0.4 is 9.21 Å². The molecule has 0 aliphatic carbocycles. The molecule has 32 heavy (non-hydrogen) atoms. The summed E-state index contributed by atoms with van der Waals surface area (Å²) in [5, 5.41) is 0. The number of imide groups is 1. The Hall–Kier alpha value is -3.27. The first-order valence-corrected chi connectivity index (χ1v) is 12.0. The van der Waals surface area contributed by atoms with Gasteiger partial charge in [-0.05, 0) is 67.8 Å². The summed E-state index contributed by atoms with van der Waals surface area (Å²) in [6, 6.07) is 8.44. The Labute approximate surface area is 185 Å². The first-order chi connectivity index (χ1) is 15.1. The third kappa shape index (κ3) is 3.86. The van der Waals surface area contributed by atoms with Crippen molar-refractivity contribution in [3.8, 4) is 0 Å². The van der Waals surface area contributed by atoms with Gasteiger partial charge in [0, 0.05) is 17.8 Å². The summed E-state index contributed by atoms with van der Waals surface area (Å²) in [5.41, 5.74) is 1.93. The van der Waals surface area contributed by atoms with Gasteiger partial charge in [0.1, 0.15) is 11.9 Å². The van der Waals surface area contributed by atoms with E-state index in [1.165, 1.54) is 39.5 Å². The van der Waals surface area contributed by atoms with E-state index in [0.29, 0.717) is 36.3 Å². The predicted molar refractivity (Wildman–Crippen MR) is 117 cm³/mol. The van der Waals surface area contributed by atoms with Gasteiger partial charge < -0.3 is 0 Å². The third-order valence-electron chi connectivity index (χ3n) is 5.73. The molecule has 1 unspecified atom stereocenters. The lowest BCUT2D eigenvalue weighted by Gasteiger charge is -2.29. The Balaban J connectivity index is 1.56. The normalized spacial score (nSPS) is 18.8. The van der Waals surface area contributed by atoms with Crippen molar-refractivity contribution >= 4 is 39.1 Å². The van der Waals surface area contributed by atoms with Crippen LogP contribution in [0.25, 0.3) is 0 Å². The van der Waals surface area contributed by atoms with Crippen LogP contribution in [0, 0.1) is 5.82 Å². The van der Waals surface area contributed by atoms with E-state index in [1.807, 2.05) is 0 Å². The zero-order valence-electron chi connectivity index (χ0n) is 17.6. The van der Waals surface area contributed by atoms with E-state index < -0.39 is 46.1 Å². The molecular formula is C22H22FN3O5S. The number of anilines is 2. The molecule has 0 saturated carbocycles. The van der Waals surface area contributed by atoms with Crippen molar-refractivity contribution in [2.45, 2.75) is 25.8 Å². The zero-order chi connectivity index (χ0) is 23.2. The van der Waals surface area contributed by atoms with Crippen LogP contribution in [-0.4, -0.2) is 56.4 Å². The maximum absolute atomic E-state index is 13.2. The highest BCUT2D eigenvalue weighted by molar-refractivity contribution is 7.92. The number of hydrogen-bond donors (Lipinski definition) is 0. The van der Waals surface area contributed by atoms with E-state index in [2.05, 4.69) is 0 Å². The van der Waals surface area contributed by atoms with Gasteiger partial charge in [-0.25, -0.2) is 17.6 Å². The van der Waals surface area contributed by atoms with E-state index in [-0.39, 0.29) is 0 Å². The summed E-state index contributed by atoms with van der Waals surface area (Å²) >= 11 is 0. The molecule has 3 amide bonds. The molecule has 0 bridgehead atoms. The first kappa shape index (κ1) is 21.9. The van der Waals surface area contributed by atoms with Gasteiger partial charge in [0.2, 0.25) is 10.0 Å². The molecule has 10 heteroatoms. The molecule has 0 radical (unpaired) electrons. The summed E-state index contributed by atoms with van der Waals surface area (Å²) in [5.74, 6) is -1.42. The second-order valence-corrected chi connectivity index (χ2v) is 9.84. The second-order valence-electron chi connectivity index (χ2n) is 7.93. The fourth-order valence-electron chi connectivity index (χ4n) is 4.12. The first-order valence-electron chi connectivity index (χ1n) is 10.1. The van der Waals surface area contributed by atoms with Gasteiger partial charge in [0.05, 0.1) is 18.5 Å². The molecule has 0 aromatic heterocycles. The maximum atomic E-state index is 13.2. The molecule has 1 atom stereocenters. The topological polar surface area (TPSA) is 95.1 Å². The van der Waals surface area contributed by atoms with Crippen molar-refractivity contribution in [3.63, 3.8) is 0 Å². The highest BCUT2D eigenvalue weighted by Crippen LogP contribution is 2.31. The molecule has 1 fully saturated rings. The number of benzene rings is 2. The Morgan fingerprint density at radius 2 is 1.81 bits per heavy atom. The van der Waals surface area contributed by atoms with E-state index in [1.54, 1.807) is 19.1 Å². The summed E-state index contributed by atoms with van der Waals surface area (Å²) in [6.07, 6.45) is 2.39. The van der Waals surface area contributed by atoms with Crippen molar-refractivity contribution in [1.29, 1.82) is 0 Å². The van der Waals surface area contributed by atoms with Crippen molar-refractivity contribution in [2.24, 2.45) is 0 Å².